The van der Waals surface area contributed by atoms with Crippen molar-refractivity contribution in [1.29, 1.82) is 0 Å². The van der Waals surface area contributed by atoms with E-state index >= 15 is 0 Å². The molecule has 3 N–H and O–H groups in total. The van der Waals surface area contributed by atoms with Crippen LogP contribution in [0.25, 0.3) is 0 Å². The molecule has 1 aliphatic carbocycles. The predicted octanol–water partition coefficient (Wildman–Crippen LogP) is 2.96. The molecular weight excluding hydrogens is 331 g/mol. The first-order chi connectivity index (χ1) is 9.33. The molecule has 1 aromatic carbocycles. The summed E-state index contributed by atoms with van der Waals surface area (Å²) in [6.45, 7) is 1.46. The first kappa shape index (κ1) is 14.8. The molecule has 0 bridgehead atoms. The topological polar surface area (TPSA) is 78.4 Å². The van der Waals surface area contributed by atoms with Gasteiger partial charge in [-0.05, 0) is 43.9 Å². The third-order valence-corrected chi connectivity index (χ3v) is 3.88. The number of carboxylic acid groups (broad SMARTS) is 1. The number of halogens is 2. The summed E-state index contributed by atoms with van der Waals surface area (Å²) in [5.74, 6) is -1.77. The van der Waals surface area contributed by atoms with Gasteiger partial charge in [-0.3, -0.25) is 0 Å². The molecule has 0 aliphatic heterocycles. The van der Waals surface area contributed by atoms with Gasteiger partial charge in [-0.1, -0.05) is 15.9 Å². The van der Waals surface area contributed by atoms with Crippen molar-refractivity contribution in [1.82, 2.24) is 5.32 Å². The number of rotatable bonds is 4. The molecule has 5 nitrogen and oxygen atoms in total. The fourth-order valence-electron chi connectivity index (χ4n) is 1.97. The third kappa shape index (κ3) is 3.09. The van der Waals surface area contributed by atoms with Gasteiger partial charge in [-0.2, -0.15) is 0 Å². The number of aliphatic carboxylic acids is 1. The van der Waals surface area contributed by atoms with Crippen LogP contribution in [0.15, 0.2) is 22.7 Å². The average Bonchev–Trinajstić information content (AvgIpc) is 3.16. The second-order valence-electron chi connectivity index (χ2n) is 4.99. The van der Waals surface area contributed by atoms with E-state index in [0.29, 0.717) is 4.47 Å². The zero-order chi connectivity index (χ0) is 14.9. The highest BCUT2D eigenvalue weighted by Crippen LogP contribution is 2.39. The lowest BCUT2D eigenvalue weighted by Gasteiger charge is -2.26. The molecule has 2 amide bonds. The molecule has 20 heavy (non-hydrogen) atoms. The Bertz CT molecular complexity index is 563. The van der Waals surface area contributed by atoms with Gasteiger partial charge >= 0.3 is 12.0 Å². The van der Waals surface area contributed by atoms with Crippen LogP contribution in [-0.4, -0.2) is 22.6 Å². The number of amides is 2. The minimum atomic E-state index is -1.32. The molecule has 0 aromatic heterocycles. The molecule has 7 heteroatoms. The summed E-state index contributed by atoms with van der Waals surface area (Å²) >= 11 is 3.11. The van der Waals surface area contributed by atoms with Crippen molar-refractivity contribution in [3.05, 3.63) is 28.5 Å². The van der Waals surface area contributed by atoms with Crippen molar-refractivity contribution in [2.75, 3.05) is 5.32 Å². The molecule has 0 heterocycles. The van der Waals surface area contributed by atoms with E-state index < -0.39 is 23.4 Å². The Balaban J connectivity index is 2.06. The van der Waals surface area contributed by atoms with Gasteiger partial charge in [0.25, 0.3) is 0 Å². The minimum absolute atomic E-state index is 0.00534. The largest absolute Gasteiger partial charge is 0.480 e. The summed E-state index contributed by atoms with van der Waals surface area (Å²) in [5, 5.41) is 14.0. The number of benzene rings is 1. The highest BCUT2D eigenvalue weighted by Gasteiger charge is 2.48. The summed E-state index contributed by atoms with van der Waals surface area (Å²) in [5.41, 5.74) is -1.33. The van der Waals surface area contributed by atoms with Crippen molar-refractivity contribution >= 4 is 33.6 Å². The first-order valence-electron chi connectivity index (χ1n) is 6.10. The first-order valence-corrected chi connectivity index (χ1v) is 6.90. The van der Waals surface area contributed by atoms with E-state index in [1.54, 1.807) is 6.07 Å². The molecule has 0 radical (unpaired) electrons. The van der Waals surface area contributed by atoms with Gasteiger partial charge in [0.15, 0.2) is 0 Å². The van der Waals surface area contributed by atoms with Crippen molar-refractivity contribution < 1.29 is 19.1 Å². The normalized spacial score (nSPS) is 17.1. The van der Waals surface area contributed by atoms with Crippen molar-refractivity contribution in [2.45, 2.75) is 25.3 Å². The predicted molar refractivity (Wildman–Crippen MR) is 75.0 cm³/mol. The Morgan fingerprint density at radius 2 is 2.10 bits per heavy atom. The standard InChI is InChI=1S/C13H14BrFN2O3/c1-13(11(18)19,7-2-3-7)17-12(20)16-10-5-4-8(14)6-9(10)15/h4-7H,2-3H2,1H3,(H,18,19)(H2,16,17,20). The monoisotopic (exact) mass is 344 g/mol. The molecule has 1 fully saturated rings. The lowest BCUT2D eigenvalue weighted by molar-refractivity contribution is -0.144. The number of hydrogen-bond acceptors (Lipinski definition) is 2. The van der Waals surface area contributed by atoms with Crippen LogP contribution in [0.1, 0.15) is 19.8 Å². The molecule has 108 valence electrons. The van der Waals surface area contributed by atoms with Crippen molar-refractivity contribution in [3.8, 4) is 0 Å². The number of urea groups is 1. The maximum absolute atomic E-state index is 13.6. The van der Waals surface area contributed by atoms with E-state index in [2.05, 4.69) is 26.6 Å². The molecule has 0 spiro atoms. The van der Waals surface area contributed by atoms with Gasteiger partial charge in [0.2, 0.25) is 0 Å². The Hall–Kier alpha value is -1.63. The van der Waals surface area contributed by atoms with Crippen LogP contribution in [0.3, 0.4) is 0 Å². The van der Waals surface area contributed by atoms with Gasteiger partial charge in [0, 0.05) is 4.47 Å². The smallest absolute Gasteiger partial charge is 0.329 e. The summed E-state index contributed by atoms with van der Waals surface area (Å²) in [6, 6.07) is 3.46. The van der Waals surface area contributed by atoms with E-state index in [9.17, 15) is 19.1 Å². The number of carboxylic acids is 1. The third-order valence-electron chi connectivity index (χ3n) is 3.39. The number of anilines is 1. The second kappa shape index (κ2) is 5.40. The van der Waals surface area contributed by atoms with Crippen LogP contribution in [0.2, 0.25) is 0 Å². The SMILES string of the molecule is CC(NC(=O)Nc1ccc(Br)cc1F)(C(=O)O)C1CC1. The molecule has 1 saturated carbocycles. The van der Waals surface area contributed by atoms with E-state index in [-0.39, 0.29) is 11.6 Å². The lowest BCUT2D eigenvalue weighted by Crippen LogP contribution is -2.55. The maximum Gasteiger partial charge on any atom is 0.329 e. The summed E-state index contributed by atoms with van der Waals surface area (Å²) in [7, 11) is 0. The second-order valence-corrected chi connectivity index (χ2v) is 5.90. The summed E-state index contributed by atoms with van der Waals surface area (Å²) in [4.78, 5) is 23.1. The number of carbonyl (C=O) groups excluding carboxylic acids is 1. The lowest BCUT2D eigenvalue weighted by atomic mass is 9.96. The van der Waals surface area contributed by atoms with Crippen LogP contribution in [0, 0.1) is 11.7 Å². The maximum atomic E-state index is 13.6. The quantitative estimate of drug-likeness (QED) is 0.785. The highest BCUT2D eigenvalue weighted by molar-refractivity contribution is 9.10. The zero-order valence-corrected chi connectivity index (χ0v) is 12.3. The Kier molecular flexibility index (Phi) is 3.99. The summed E-state index contributed by atoms with van der Waals surface area (Å²) in [6.07, 6.45) is 1.52. The van der Waals surface area contributed by atoms with Gasteiger partial charge in [0.1, 0.15) is 11.4 Å². The van der Waals surface area contributed by atoms with Gasteiger partial charge in [-0.15, -0.1) is 0 Å². The average molecular weight is 345 g/mol. The molecule has 1 aliphatic rings. The molecule has 1 unspecified atom stereocenters. The van der Waals surface area contributed by atoms with E-state index in [1.807, 2.05) is 0 Å². The van der Waals surface area contributed by atoms with Crippen molar-refractivity contribution in [3.63, 3.8) is 0 Å². The van der Waals surface area contributed by atoms with Crippen LogP contribution >= 0.6 is 15.9 Å². The Labute approximate surface area is 123 Å². The van der Waals surface area contributed by atoms with E-state index in [1.165, 1.54) is 19.1 Å². The van der Waals surface area contributed by atoms with Gasteiger partial charge < -0.3 is 15.7 Å². The zero-order valence-electron chi connectivity index (χ0n) is 10.7. The van der Waals surface area contributed by atoms with Gasteiger partial charge in [0.05, 0.1) is 5.69 Å². The van der Waals surface area contributed by atoms with Crippen LogP contribution in [-0.2, 0) is 4.79 Å². The fourth-order valence-corrected chi connectivity index (χ4v) is 2.30. The van der Waals surface area contributed by atoms with Crippen LogP contribution in [0.5, 0.6) is 0 Å². The molecule has 1 aromatic rings. The Morgan fingerprint density at radius 1 is 1.45 bits per heavy atom. The van der Waals surface area contributed by atoms with Crippen LogP contribution < -0.4 is 10.6 Å². The fraction of sp³-hybridized carbons (Fsp3) is 0.385. The van der Waals surface area contributed by atoms with E-state index in [0.717, 1.165) is 12.8 Å². The summed E-state index contributed by atoms with van der Waals surface area (Å²) < 4.78 is 14.1. The van der Waals surface area contributed by atoms with Crippen molar-refractivity contribution in [2.24, 2.45) is 5.92 Å². The molecular formula is C13H14BrFN2O3. The van der Waals surface area contributed by atoms with E-state index in [4.69, 9.17) is 0 Å². The van der Waals surface area contributed by atoms with Crippen LogP contribution in [0.4, 0.5) is 14.9 Å². The number of nitrogens with one attached hydrogen (secondary N) is 2. The number of carbonyl (C=O) groups is 2. The van der Waals surface area contributed by atoms with Gasteiger partial charge in [-0.25, -0.2) is 14.0 Å². The minimum Gasteiger partial charge on any atom is -0.480 e. The highest BCUT2D eigenvalue weighted by atomic mass is 79.9. The molecule has 1 atom stereocenters. The Morgan fingerprint density at radius 3 is 2.60 bits per heavy atom. The molecule has 0 saturated heterocycles. The number of hydrogen-bond donors (Lipinski definition) is 3. The molecule has 2 rings (SSSR count).